The number of amides is 2. The molecule has 0 spiro atoms. The van der Waals surface area contributed by atoms with Crippen LogP contribution in [-0.4, -0.2) is 32.1 Å². The summed E-state index contributed by atoms with van der Waals surface area (Å²) in [6, 6.07) is 16.8. The summed E-state index contributed by atoms with van der Waals surface area (Å²) in [5.41, 5.74) is 1.15. The fraction of sp³-hybridized carbons (Fsp3) is 0.308. The Hall–Kier alpha value is -3.74. The molecule has 0 saturated heterocycles. The van der Waals surface area contributed by atoms with Gasteiger partial charge in [0.05, 0.1) is 26.2 Å². The molecular formula is C26H28N2O5. The van der Waals surface area contributed by atoms with E-state index in [9.17, 15) is 9.59 Å². The van der Waals surface area contributed by atoms with E-state index in [4.69, 9.17) is 13.9 Å². The fourth-order valence-corrected chi connectivity index (χ4v) is 4.24. The van der Waals surface area contributed by atoms with Gasteiger partial charge >= 0.3 is 0 Å². The topological polar surface area (TPSA) is 81.0 Å². The molecule has 7 heteroatoms. The van der Waals surface area contributed by atoms with Crippen molar-refractivity contribution < 1.29 is 23.5 Å². The number of nitrogens with zero attached hydrogens (tertiary/aromatic N) is 1. The van der Waals surface area contributed by atoms with Crippen molar-refractivity contribution in [2.24, 2.45) is 0 Å². The van der Waals surface area contributed by atoms with Crippen molar-refractivity contribution in [2.45, 2.75) is 37.8 Å². The lowest BCUT2D eigenvalue weighted by Gasteiger charge is -2.32. The van der Waals surface area contributed by atoms with Gasteiger partial charge in [-0.15, -0.1) is 0 Å². The van der Waals surface area contributed by atoms with Crippen molar-refractivity contribution in [1.82, 2.24) is 5.32 Å². The molecule has 4 rings (SSSR count). The number of furan rings is 1. The van der Waals surface area contributed by atoms with Gasteiger partial charge in [0.2, 0.25) is 5.91 Å². The fourth-order valence-electron chi connectivity index (χ4n) is 4.24. The maximum atomic E-state index is 13.7. The Morgan fingerprint density at radius 2 is 1.64 bits per heavy atom. The molecular weight excluding hydrogens is 420 g/mol. The van der Waals surface area contributed by atoms with Crippen molar-refractivity contribution in [3.8, 4) is 11.5 Å². The number of ether oxygens (including phenoxy) is 2. The molecule has 172 valence electrons. The molecule has 2 aromatic carbocycles. The van der Waals surface area contributed by atoms with E-state index in [2.05, 4.69) is 5.32 Å². The number of hydrogen-bond donors (Lipinski definition) is 1. The maximum absolute atomic E-state index is 13.7. The van der Waals surface area contributed by atoms with Crippen LogP contribution < -0.4 is 19.7 Å². The Kier molecular flexibility index (Phi) is 6.98. The van der Waals surface area contributed by atoms with E-state index < -0.39 is 11.9 Å². The standard InChI is InChI=1S/C26H28N2O5/c1-31-21-15-20(16-22(17-21)32-2)28(26(30)23-13-8-14-33-23)24(18-9-4-3-5-10-18)25(29)27-19-11-6-7-12-19/h3-5,8-10,13-17,19,24H,6-7,11-12H2,1-2H3,(H,27,29). The number of benzene rings is 2. The highest BCUT2D eigenvalue weighted by Gasteiger charge is 2.36. The second-order valence-electron chi connectivity index (χ2n) is 8.03. The Morgan fingerprint density at radius 3 is 2.21 bits per heavy atom. The van der Waals surface area contributed by atoms with Crippen LogP contribution in [0.5, 0.6) is 11.5 Å². The zero-order valence-corrected chi connectivity index (χ0v) is 18.8. The van der Waals surface area contributed by atoms with Crippen LogP contribution in [0.2, 0.25) is 0 Å². The quantitative estimate of drug-likeness (QED) is 0.538. The molecule has 33 heavy (non-hydrogen) atoms. The number of rotatable bonds is 8. The summed E-state index contributed by atoms with van der Waals surface area (Å²) in [4.78, 5) is 28.9. The molecule has 1 atom stereocenters. The van der Waals surface area contributed by atoms with Crippen LogP contribution in [-0.2, 0) is 4.79 Å². The average molecular weight is 449 g/mol. The molecule has 0 radical (unpaired) electrons. The van der Waals surface area contributed by atoms with Gasteiger partial charge in [0, 0.05) is 24.2 Å². The second kappa shape index (κ2) is 10.3. The molecule has 0 bridgehead atoms. The number of carbonyl (C=O) groups is 2. The van der Waals surface area contributed by atoms with Crippen LogP contribution in [0.4, 0.5) is 5.69 Å². The van der Waals surface area contributed by atoms with Crippen molar-refractivity contribution in [3.05, 3.63) is 78.3 Å². The van der Waals surface area contributed by atoms with Gasteiger partial charge in [-0.25, -0.2) is 0 Å². The lowest BCUT2D eigenvalue weighted by Crippen LogP contribution is -2.46. The van der Waals surface area contributed by atoms with Crippen LogP contribution in [0.25, 0.3) is 0 Å². The number of carbonyl (C=O) groups excluding carboxylic acids is 2. The van der Waals surface area contributed by atoms with E-state index in [1.165, 1.54) is 11.2 Å². The third kappa shape index (κ3) is 5.03. The van der Waals surface area contributed by atoms with Crippen molar-refractivity contribution >= 4 is 17.5 Å². The highest BCUT2D eigenvalue weighted by molar-refractivity contribution is 6.09. The Bertz CT molecular complexity index is 1050. The van der Waals surface area contributed by atoms with E-state index in [1.54, 1.807) is 44.6 Å². The lowest BCUT2D eigenvalue weighted by molar-refractivity contribution is -0.123. The van der Waals surface area contributed by atoms with Gasteiger partial charge in [-0.2, -0.15) is 0 Å². The first kappa shape index (κ1) is 22.5. The molecule has 7 nitrogen and oxygen atoms in total. The van der Waals surface area contributed by atoms with Crippen LogP contribution in [0.1, 0.15) is 47.8 Å². The minimum atomic E-state index is -0.916. The largest absolute Gasteiger partial charge is 0.497 e. The third-order valence-electron chi connectivity index (χ3n) is 5.89. The predicted octanol–water partition coefficient (Wildman–Crippen LogP) is 4.74. The third-order valence-corrected chi connectivity index (χ3v) is 5.89. The minimum Gasteiger partial charge on any atom is -0.497 e. The zero-order valence-electron chi connectivity index (χ0n) is 18.8. The summed E-state index contributed by atoms with van der Waals surface area (Å²) in [7, 11) is 3.08. The first-order valence-electron chi connectivity index (χ1n) is 11.1. The Morgan fingerprint density at radius 1 is 0.970 bits per heavy atom. The lowest BCUT2D eigenvalue weighted by atomic mass is 10.0. The zero-order chi connectivity index (χ0) is 23.2. The van der Waals surface area contributed by atoms with Crippen molar-refractivity contribution in [2.75, 3.05) is 19.1 Å². The number of nitrogens with one attached hydrogen (secondary N) is 1. The van der Waals surface area contributed by atoms with Crippen LogP contribution in [0.15, 0.2) is 71.3 Å². The van der Waals surface area contributed by atoms with E-state index in [0.717, 1.165) is 25.7 Å². The van der Waals surface area contributed by atoms with E-state index in [1.807, 2.05) is 30.3 Å². The number of anilines is 1. The molecule has 1 heterocycles. The van der Waals surface area contributed by atoms with Crippen molar-refractivity contribution in [1.29, 1.82) is 0 Å². The maximum Gasteiger partial charge on any atom is 0.294 e. The van der Waals surface area contributed by atoms with Gasteiger partial charge in [-0.3, -0.25) is 14.5 Å². The monoisotopic (exact) mass is 448 g/mol. The smallest absolute Gasteiger partial charge is 0.294 e. The molecule has 3 aromatic rings. The van der Waals surface area contributed by atoms with Gasteiger partial charge in [-0.1, -0.05) is 43.2 Å². The first-order chi connectivity index (χ1) is 16.1. The van der Waals surface area contributed by atoms with E-state index in [0.29, 0.717) is 22.7 Å². The first-order valence-corrected chi connectivity index (χ1v) is 11.1. The average Bonchev–Trinajstić information content (AvgIpc) is 3.57. The predicted molar refractivity (Wildman–Crippen MR) is 125 cm³/mol. The molecule has 0 aliphatic heterocycles. The normalized spacial score (nSPS) is 14.5. The molecule has 1 aliphatic carbocycles. The summed E-state index contributed by atoms with van der Waals surface area (Å²) in [5, 5.41) is 3.16. The Labute approximate surface area is 193 Å². The van der Waals surface area contributed by atoms with Gasteiger partial charge < -0.3 is 19.2 Å². The molecule has 1 saturated carbocycles. The summed E-state index contributed by atoms with van der Waals surface area (Å²) < 4.78 is 16.3. The summed E-state index contributed by atoms with van der Waals surface area (Å²) >= 11 is 0. The van der Waals surface area contributed by atoms with E-state index in [-0.39, 0.29) is 17.7 Å². The van der Waals surface area contributed by atoms with Gasteiger partial charge in [0.25, 0.3) is 5.91 Å². The van der Waals surface area contributed by atoms with Gasteiger partial charge in [0.15, 0.2) is 5.76 Å². The molecule has 1 N–H and O–H groups in total. The van der Waals surface area contributed by atoms with Crippen LogP contribution in [0, 0.1) is 0 Å². The molecule has 1 unspecified atom stereocenters. The number of hydrogen-bond acceptors (Lipinski definition) is 5. The molecule has 2 amide bonds. The molecule has 1 fully saturated rings. The minimum absolute atomic E-state index is 0.101. The van der Waals surface area contributed by atoms with Crippen molar-refractivity contribution in [3.63, 3.8) is 0 Å². The summed E-state index contributed by atoms with van der Waals surface area (Å²) in [6.07, 6.45) is 5.48. The SMILES string of the molecule is COc1cc(OC)cc(N(C(=O)c2ccco2)C(C(=O)NC2CCCC2)c2ccccc2)c1. The summed E-state index contributed by atoms with van der Waals surface area (Å²) in [5.74, 6) is 0.459. The number of methoxy groups -OCH3 is 2. The highest BCUT2D eigenvalue weighted by Crippen LogP contribution is 2.35. The summed E-state index contributed by atoms with van der Waals surface area (Å²) in [6.45, 7) is 0. The Balaban J connectivity index is 1.84. The van der Waals surface area contributed by atoms with Gasteiger partial charge in [-0.05, 0) is 30.5 Å². The molecule has 1 aromatic heterocycles. The van der Waals surface area contributed by atoms with Crippen LogP contribution in [0.3, 0.4) is 0 Å². The second-order valence-corrected chi connectivity index (χ2v) is 8.03. The van der Waals surface area contributed by atoms with Crippen LogP contribution >= 0.6 is 0 Å². The molecule has 1 aliphatic rings. The highest BCUT2D eigenvalue weighted by atomic mass is 16.5. The van der Waals surface area contributed by atoms with Gasteiger partial charge in [0.1, 0.15) is 17.5 Å². The van der Waals surface area contributed by atoms with E-state index >= 15 is 0 Å².